The van der Waals surface area contributed by atoms with Gasteiger partial charge in [-0.3, -0.25) is 0 Å². The maximum Gasteiger partial charge on any atom is 0.250 e. The van der Waals surface area contributed by atoms with Crippen LogP contribution in [0.5, 0.6) is 0 Å². The number of nitrogens with one attached hydrogen (secondary N) is 2. The Bertz CT molecular complexity index is 743. The molecule has 0 aliphatic carbocycles. The van der Waals surface area contributed by atoms with E-state index in [-0.39, 0.29) is 0 Å². The van der Waals surface area contributed by atoms with E-state index in [0.717, 1.165) is 18.9 Å². The average Bonchev–Trinajstić information content (AvgIpc) is 3.16. The molecule has 0 atom stereocenters. The van der Waals surface area contributed by atoms with Crippen molar-refractivity contribution in [3.63, 3.8) is 0 Å². The van der Waals surface area contributed by atoms with Crippen molar-refractivity contribution < 1.29 is 8.42 Å². The molecule has 1 aliphatic heterocycles. The number of hydrogen-bond acceptors (Lipinski definition) is 7. The zero-order chi connectivity index (χ0) is 16.8. The summed E-state index contributed by atoms with van der Waals surface area (Å²) >= 11 is 1.21. The second-order valence-corrected chi connectivity index (χ2v) is 8.51. The van der Waals surface area contributed by atoms with Crippen molar-refractivity contribution in [3.05, 3.63) is 29.9 Å². The summed E-state index contributed by atoms with van der Waals surface area (Å²) < 4.78 is 26.9. The molecule has 2 aromatic heterocycles. The van der Waals surface area contributed by atoms with Gasteiger partial charge in [0.05, 0.1) is 0 Å². The Kier molecular flexibility index (Phi) is 5.64. The highest BCUT2D eigenvalue weighted by molar-refractivity contribution is 7.91. The quantitative estimate of drug-likeness (QED) is 0.727. The number of aromatic nitrogens is 2. The van der Waals surface area contributed by atoms with Crippen molar-refractivity contribution in [3.8, 4) is 0 Å². The lowest BCUT2D eigenvalue weighted by molar-refractivity contribution is 0.573. The fourth-order valence-electron chi connectivity index (χ4n) is 2.60. The number of anilines is 2. The number of rotatable bonds is 7. The standard InChI is InChI=1S/C15H21N5O2S2/c21-24(22,15-5-4-10-23-15)19-7-6-16-13-11-14(18-12-17-13)20-8-2-1-3-9-20/h4-5,10-12,19H,1-3,6-9H2,(H,16,17,18). The van der Waals surface area contributed by atoms with Crippen molar-refractivity contribution in [1.29, 1.82) is 0 Å². The number of sulfonamides is 1. The predicted octanol–water partition coefficient (Wildman–Crippen LogP) is 1.92. The van der Waals surface area contributed by atoms with Crippen LogP contribution in [0.1, 0.15) is 19.3 Å². The van der Waals surface area contributed by atoms with Gasteiger partial charge in [-0.05, 0) is 30.7 Å². The van der Waals surface area contributed by atoms with Crippen LogP contribution in [0.3, 0.4) is 0 Å². The molecule has 24 heavy (non-hydrogen) atoms. The molecule has 0 aromatic carbocycles. The first-order valence-corrected chi connectivity index (χ1v) is 10.4. The zero-order valence-electron chi connectivity index (χ0n) is 13.3. The van der Waals surface area contributed by atoms with E-state index in [1.807, 2.05) is 6.07 Å². The largest absolute Gasteiger partial charge is 0.369 e. The highest BCUT2D eigenvalue weighted by Gasteiger charge is 2.14. The van der Waals surface area contributed by atoms with Crippen LogP contribution in [0.15, 0.2) is 34.1 Å². The Labute approximate surface area is 146 Å². The smallest absolute Gasteiger partial charge is 0.250 e. The van der Waals surface area contributed by atoms with E-state index in [9.17, 15) is 8.42 Å². The third-order valence-electron chi connectivity index (χ3n) is 3.82. The molecule has 2 N–H and O–H groups in total. The van der Waals surface area contributed by atoms with Gasteiger partial charge in [0.1, 0.15) is 22.2 Å². The van der Waals surface area contributed by atoms with Gasteiger partial charge < -0.3 is 10.2 Å². The van der Waals surface area contributed by atoms with Crippen LogP contribution in [0.25, 0.3) is 0 Å². The maximum absolute atomic E-state index is 12.0. The van der Waals surface area contributed by atoms with Gasteiger partial charge in [-0.25, -0.2) is 23.1 Å². The molecule has 7 nitrogen and oxygen atoms in total. The maximum atomic E-state index is 12.0. The summed E-state index contributed by atoms with van der Waals surface area (Å²) in [6, 6.07) is 5.23. The Morgan fingerprint density at radius 1 is 1.17 bits per heavy atom. The topological polar surface area (TPSA) is 87.2 Å². The Balaban J connectivity index is 1.50. The molecule has 0 spiro atoms. The highest BCUT2D eigenvalue weighted by Crippen LogP contribution is 2.19. The molecule has 3 rings (SSSR count). The average molecular weight is 368 g/mol. The predicted molar refractivity (Wildman–Crippen MR) is 96.1 cm³/mol. The summed E-state index contributed by atoms with van der Waals surface area (Å²) in [7, 11) is -3.41. The fraction of sp³-hybridized carbons (Fsp3) is 0.467. The lowest BCUT2D eigenvalue weighted by atomic mass is 10.1. The summed E-state index contributed by atoms with van der Waals surface area (Å²) in [5.41, 5.74) is 0. The Morgan fingerprint density at radius 3 is 2.75 bits per heavy atom. The third-order valence-corrected chi connectivity index (χ3v) is 6.67. The van der Waals surface area contributed by atoms with Crippen molar-refractivity contribution >= 4 is 33.0 Å². The van der Waals surface area contributed by atoms with E-state index in [2.05, 4.69) is 24.9 Å². The summed E-state index contributed by atoms with van der Waals surface area (Å²) in [4.78, 5) is 10.8. The van der Waals surface area contributed by atoms with Gasteiger partial charge in [0, 0.05) is 32.2 Å². The highest BCUT2D eigenvalue weighted by atomic mass is 32.2. The van der Waals surface area contributed by atoms with Gasteiger partial charge in [-0.1, -0.05) is 6.07 Å². The van der Waals surface area contributed by atoms with Crippen LogP contribution in [0.2, 0.25) is 0 Å². The van der Waals surface area contributed by atoms with E-state index in [0.29, 0.717) is 23.1 Å². The molecule has 0 radical (unpaired) electrons. The summed E-state index contributed by atoms with van der Waals surface area (Å²) in [6.45, 7) is 2.80. The van der Waals surface area contributed by atoms with Gasteiger partial charge in [0.2, 0.25) is 10.0 Å². The second kappa shape index (κ2) is 7.91. The van der Waals surface area contributed by atoms with E-state index in [1.165, 1.54) is 30.6 Å². The summed E-state index contributed by atoms with van der Waals surface area (Å²) in [5, 5.41) is 4.89. The first-order chi connectivity index (χ1) is 11.6. The SMILES string of the molecule is O=S(=O)(NCCNc1cc(N2CCCCC2)ncn1)c1cccs1. The van der Waals surface area contributed by atoms with Gasteiger partial charge in [0.15, 0.2) is 0 Å². The molecule has 2 aromatic rings. The van der Waals surface area contributed by atoms with Crippen LogP contribution in [0.4, 0.5) is 11.6 Å². The molecular weight excluding hydrogens is 346 g/mol. The molecule has 130 valence electrons. The van der Waals surface area contributed by atoms with Crippen LogP contribution in [-0.4, -0.2) is 44.6 Å². The number of nitrogens with zero attached hydrogens (tertiary/aromatic N) is 3. The minimum Gasteiger partial charge on any atom is -0.369 e. The van der Waals surface area contributed by atoms with E-state index >= 15 is 0 Å². The minimum absolute atomic E-state index is 0.295. The Hall–Kier alpha value is -1.71. The molecule has 1 saturated heterocycles. The lowest BCUT2D eigenvalue weighted by Gasteiger charge is -2.27. The molecule has 1 aliphatic rings. The zero-order valence-corrected chi connectivity index (χ0v) is 14.9. The molecule has 1 fully saturated rings. The fourth-order valence-corrected chi connectivity index (χ4v) is 4.67. The van der Waals surface area contributed by atoms with Gasteiger partial charge in [-0.15, -0.1) is 11.3 Å². The monoisotopic (exact) mass is 367 g/mol. The molecule has 0 bridgehead atoms. The molecule has 9 heteroatoms. The van der Waals surface area contributed by atoms with Crippen LogP contribution in [0, 0.1) is 0 Å². The van der Waals surface area contributed by atoms with Crippen LogP contribution in [-0.2, 0) is 10.0 Å². The van der Waals surface area contributed by atoms with Gasteiger partial charge in [-0.2, -0.15) is 0 Å². The van der Waals surface area contributed by atoms with E-state index in [1.54, 1.807) is 23.8 Å². The first kappa shape index (κ1) is 17.1. The number of thiophene rings is 1. The van der Waals surface area contributed by atoms with Crippen LogP contribution < -0.4 is 14.9 Å². The molecule has 0 saturated carbocycles. The minimum atomic E-state index is -3.41. The van der Waals surface area contributed by atoms with Crippen molar-refractivity contribution in [2.24, 2.45) is 0 Å². The van der Waals surface area contributed by atoms with E-state index < -0.39 is 10.0 Å². The molecule has 3 heterocycles. The molecule has 0 amide bonds. The van der Waals surface area contributed by atoms with E-state index in [4.69, 9.17) is 0 Å². The number of hydrogen-bond donors (Lipinski definition) is 2. The molecule has 0 unspecified atom stereocenters. The summed E-state index contributed by atoms with van der Waals surface area (Å²) in [6.07, 6.45) is 5.20. The second-order valence-electron chi connectivity index (χ2n) is 5.57. The molecular formula is C15H21N5O2S2. The third kappa shape index (κ3) is 4.43. The number of piperidine rings is 1. The normalized spacial score (nSPS) is 15.4. The summed E-state index contributed by atoms with van der Waals surface area (Å²) in [5.74, 6) is 1.63. The van der Waals surface area contributed by atoms with Crippen molar-refractivity contribution in [2.45, 2.75) is 23.5 Å². The van der Waals surface area contributed by atoms with Gasteiger partial charge in [0.25, 0.3) is 0 Å². The first-order valence-electron chi connectivity index (χ1n) is 7.99. The van der Waals surface area contributed by atoms with Crippen LogP contribution >= 0.6 is 11.3 Å². The van der Waals surface area contributed by atoms with Crippen molar-refractivity contribution in [1.82, 2.24) is 14.7 Å². The van der Waals surface area contributed by atoms with Gasteiger partial charge >= 0.3 is 0 Å². The van der Waals surface area contributed by atoms with Crippen molar-refractivity contribution in [2.75, 3.05) is 36.4 Å². The lowest BCUT2D eigenvalue weighted by Crippen LogP contribution is -2.30. The Morgan fingerprint density at radius 2 is 2.00 bits per heavy atom.